The largest absolute Gasteiger partial charge is 0.381 e. The van der Waals surface area contributed by atoms with E-state index >= 15 is 0 Å². The summed E-state index contributed by atoms with van der Waals surface area (Å²) in [7, 11) is 1.99. The third-order valence-electron chi connectivity index (χ3n) is 4.43. The second-order valence-corrected chi connectivity index (χ2v) is 6.70. The van der Waals surface area contributed by atoms with Crippen LogP contribution in [0.5, 0.6) is 0 Å². The molecule has 1 fully saturated rings. The summed E-state index contributed by atoms with van der Waals surface area (Å²) in [6.07, 6.45) is 3.12. The molecule has 5 nitrogen and oxygen atoms in total. The summed E-state index contributed by atoms with van der Waals surface area (Å²) in [5.74, 6) is 1.30. The Balaban J connectivity index is 1.69. The van der Waals surface area contributed by atoms with Crippen molar-refractivity contribution in [2.45, 2.75) is 32.7 Å². The second-order valence-electron chi connectivity index (χ2n) is 6.70. The molecule has 1 aromatic carbocycles. The van der Waals surface area contributed by atoms with Gasteiger partial charge in [0.15, 0.2) is 5.96 Å². The zero-order chi connectivity index (χ0) is 18.6. The average molecular weight is 365 g/mol. The summed E-state index contributed by atoms with van der Waals surface area (Å²) in [5.41, 5.74) is 1.05. The van der Waals surface area contributed by atoms with Crippen LogP contribution in [-0.2, 0) is 16.0 Å². The molecule has 0 radical (unpaired) electrons. The highest BCUT2D eigenvalue weighted by Gasteiger charge is 2.13. The fraction of sp³-hybridized carbons (Fsp3) is 0.650. The first kappa shape index (κ1) is 20.6. The Morgan fingerprint density at radius 3 is 2.73 bits per heavy atom. The molecular weight excluding hydrogens is 333 g/mol. The van der Waals surface area contributed by atoms with Crippen LogP contribution in [-0.4, -0.2) is 57.4 Å². The van der Waals surface area contributed by atoms with Crippen LogP contribution in [0, 0.1) is 11.7 Å². The summed E-state index contributed by atoms with van der Waals surface area (Å²) >= 11 is 0. The van der Waals surface area contributed by atoms with Crippen LogP contribution in [0.4, 0.5) is 4.39 Å². The van der Waals surface area contributed by atoms with Crippen molar-refractivity contribution in [3.8, 4) is 0 Å². The van der Waals surface area contributed by atoms with E-state index in [1.807, 2.05) is 7.05 Å². The van der Waals surface area contributed by atoms with Crippen LogP contribution in [0.3, 0.4) is 0 Å². The maximum absolute atomic E-state index is 13.0. The summed E-state index contributed by atoms with van der Waals surface area (Å²) in [5, 5.41) is 3.30. The van der Waals surface area contributed by atoms with Crippen LogP contribution < -0.4 is 5.32 Å². The monoisotopic (exact) mass is 365 g/mol. The Kier molecular flexibility index (Phi) is 9.42. The first-order chi connectivity index (χ1) is 12.7. The van der Waals surface area contributed by atoms with Crippen molar-refractivity contribution in [2.24, 2.45) is 10.9 Å². The average Bonchev–Trinajstić information content (AvgIpc) is 2.66. The lowest BCUT2D eigenvalue weighted by Crippen LogP contribution is -2.38. The van der Waals surface area contributed by atoms with Crippen molar-refractivity contribution in [1.29, 1.82) is 0 Å². The summed E-state index contributed by atoms with van der Waals surface area (Å²) < 4.78 is 24.2. The lowest BCUT2D eigenvalue weighted by Gasteiger charge is -2.22. The maximum atomic E-state index is 13.0. The van der Waals surface area contributed by atoms with E-state index in [-0.39, 0.29) is 5.82 Å². The zero-order valence-corrected chi connectivity index (χ0v) is 16.0. The predicted octanol–water partition coefficient (Wildman–Crippen LogP) is 3.06. The van der Waals surface area contributed by atoms with E-state index in [2.05, 4.69) is 22.1 Å². The lowest BCUT2D eigenvalue weighted by molar-refractivity contribution is 0.0205. The molecular formula is C20H32FN3O2. The van der Waals surface area contributed by atoms with Gasteiger partial charge in [0.1, 0.15) is 5.82 Å². The highest BCUT2D eigenvalue weighted by atomic mass is 19.1. The first-order valence-electron chi connectivity index (χ1n) is 9.58. The van der Waals surface area contributed by atoms with Gasteiger partial charge in [-0.05, 0) is 49.8 Å². The molecule has 1 N–H and O–H groups in total. The van der Waals surface area contributed by atoms with Gasteiger partial charge in [-0.15, -0.1) is 0 Å². The molecule has 0 bridgehead atoms. The van der Waals surface area contributed by atoms with Crippen molar-refractivity contribution < 1.29 is 13.9 Å². The molecule has 6 heteroatoms. The fourth-order valence-corrected chi connectivity index (χ4v) is 2.92. The molecule has 0 saturated carbocycles. The van der Waals surface area contributed by atoms with Crippen LogP contribution in [0.2, 0.25) is 0 Å². The standard InChI is InChI=1S/C20H32FN3O2/c1-3-22-20(24(2)15-17-5-7-19(21)8-6-17)23-11-4-12-26-16-18-9-13-25-14-10-18/h5-8,18H,3-4,9-16H2,1-2H3,(H,22,23). The number of rotatable bonds is 9. The third-order valence-corrected chi connectivity index (χ3v) is 4.43. The van der Waals surface area contributed by atoms with Crippen molar-refractivity contribution in [3.63, 3.8) is 0 Å². The summed E-state index contributed by atoms with van der Waals surface area (Å²) in [6, 6.07) is 6.59. The van der Waals surface area contributed by atoms with Gasteiger partial charge in [0, 0.05) is 53.1 Å². The molecule has 0 atom stereocenters. The normalized spacial score (nSPS) is 15.9. The Labute approximate surface area is 156 Å². The molecule has 0 spiro atoms. The Hall–Kier alpha value is -1.66. The smallest absolute Gasteiger partial charge is 0.193 e. The van der Waals surface area contributed by atoms with Gasteiger partial charge in [-0.1, -0.05) is 12.1 Å². The van der Waals surface area contributed by atoms with Crippen LogP contribution >= 0.6 is 0 Å². The van der Waals surface area contributed by atoms with Crippen molar-refractivity contribution in [1.82, 2.24) is 10.2 Å². The van der Waals surface area contributed by atoms with E-state index in [1.165, 1.54) is 12.1 Å². The van der Waals surface area contributed by atoms with Crippen molar-refractivity contribution in [3.05, 3.63) is 35.6 Å². The molecule has 26 heavy (non-hydrogen) atoms. The number of hydrogen-bond donors (Lipinski definition) is 1. The number of aliphatic imine (C=N–C) groups is 1. The molecule has 1 saturated heterocycles. The Morgan fingerprint density at radius 2 is 2.04 bits per heavy atom. The minimum Gasteiger partial charge on any atom is -0.381 e. The van der Waals surface area contributed by atoms with Gasteiger partial charge in [-0.25, -0.2) is 4.39 Å². The second kappa shape index (κ2) is 11.9. The van der Waals surface area contributed by atoms with Gasteiger partial charge in [-0.3, -0.25) is 4.99 Å². The third kappa shape index (κ3) is 7.70. The van der Waals surface area contributed by atoms with Gasteiger partial charge in [0.25, 0.3) is 0 Å². The minimum absolute atomic E-state index is 0.210. The van der Waals surface area contributed by atoms with Crippen molar-refractivity contribution in [2.75, 3.05) is 46.6 Å². The number of guanidine groups is 1. The van der Waals surface area contributed by atoms with E-state index in [1.54, 1.807) is 12.1 Å². The van der Waals surface area contributed by atoms with E-state index in [0.717, 1.165) is 70.3 Å². The van der Waals surface area contributed by atoms with Gasteiger partial charge >= 0.3 is 0 Å². The van der Waals surface area contributed by atoms with Crippen LogP contribution in [0.25, 0.3) is 0 Å². The molecule has 0 amide bonds. The molecule has 1 aromatic rings. The quantitative estimate of drug-likeness (QED) is 0.415. The molecule has 1 aliphatic rings. The molecule has 2 rings (SSSR count). The van der Waals surface area contributed by atoms with E-state index in [4.69, 9.17) is 9.47 Å². The highest BCUT2D eigenvalue weighted by Crippen LogP contribution is 2.14. The van der Waals surface area contributed by atoms with Gasteiger partial charge < -0.3 is 19.7 Å². The van der Waals surface area contributed by atoms with E-state index in [9.17, 15) is 4.39 Å². The van der Waals surface area contributed by atoms with Crippen LogP contribution in [0.15, 0.2) is 29.3 Å². The van der Waals surface area contributed by atoms with Crippen LogP contribution in [0.1, 0.15) is 31.7 Å². The topological polar surface area (TPSA) is 46.1 Å². The van der Waals surface area contributed by atoms with Crippen molar-refractivity contribution >= 4 is 5.96 Å². The lowest BCUT2D eigenvalue weighted by atomic mass is 10.0. The molecule has 0 aliphatic carbocycles. The Morgan fingerprint density at radius 1 is 1.31 bits per heavy atom. The number of nitrogens with one attached hydrogen (secondary N) is 1. The van der Waals surface area contributed by atoms with Gasteiger partial charge in [0.05, 0.1) is 0 Å². The SMILES string of the molecule is CCNC(=NCCCOCC1CCOCC1)N(C)Cc1ccc(F)cc1. The fourth-order valence-electron chi connectivity index (χ4n) is 2.92. The molecule has 0 unspecified atom stereocenters. The summed E-state index contributed by atoms with van der Waals surface area (Å²) in [4.78, 5) is 6.72. The number of nitrogens with zero attached hydrogens (tertiary/aromatic N) is 2. The Bertz CT molecular complexity index is 530. The first-order valence-corrected chi connectivity index (χ1v) is 9.58. The number of benzene rings is 1. The molecule has 0 aromatic heterocycles. The summed E-state index contributed by atoms with van der Waals surface area (Å²) in [6.45, 7) is 7.58. The van der Waals surface area contributed by atoms with Gasteiger partial charge in [-0.2, -0.15) is 0 Å². The van der Waals surface area contributed by atoms with E-state index < -0.39 is 0 Å². The van der Waals surface area contributed by atoms with E-state index in [0.29, 0.717) is 12.5 Å². The molecule has 1 heterocycles. The predicted molar refractivity (Wildman–Crippen MR) is 103 cm³/mol. The molecule has 146 valence electrons. The number of halogens is 1. The number of ether oxygens (including phenoxy) is 2. The number of hydrogen-bond acceptors (Lipinski definition) is 3. The minimum atomic E-state index is -0.210. The molecule has 1 aliphatic heterocycles. The highest BCUT2D eigenvalue weighted by molar-refractivity contribution is 5.79. The van der Waals surface area contributed by atoms with Gasteiger partial charge in [0.2, 0.25) is 0 Å². The zero-order valence-electron chi connectivity index (χ0n) is 16.0. The maximum Gasteiger partial charge on any atom is 0.193 e.